The van der Waals surface area contributed by atoms with Crippen LogP contribution in [0.2, 0.25) is 0 Å². The lowest BCUT2D eigenvalue weighted by Crippen LogP contribution is -2.29. The first-order valence-corrected chi connectivity index (χ1v) is 7.87. The van der Waals surface area contributed by atoms with Crippen LogP contribution in [-0.4, -0.2) is 48.2 Å². The van der Waals surface area contributed by atoms with Crippen molar-refractivity contribution < 1.29 is 19.4 Å². The van der Waals surface area contributed by atoms with E-state index in [1.54, 1.807) is 11.0 Å². The summed E-state index contributed by atoms with van der Waals surface area (Å²) in [7, 11) is 0. The van der Waals surface area contributed by atoms with Gasteiger partial charge < -0.3 is 14.7 Å². The van der Waals surface area contributed by atoms with E-state index < -0.39 is 11.9 Å². The molecule has 124 valence electrons. The van der Waals surface area contributed by atoms with E-state index in [9.17, 15) is 14.7 Å². The molecule has 1 aromatic carbocycles. The minimum Gasteiger partial charge on any atom is -0.481 e. The molecule has 1 aliphatic rings. The normalized spacial score (nSPS) is 20.4. The first-order valence-electron chi connectivity index (χ1n) is 7.87. The van der Waals surface area contributed by atoms with Gasteiger partial charge in [0.1, 0.15) is 0 Å². The molecular formula is C18H23NO4. The number of likely N-dealkylation sites (tertiary alicyclic amines) is 1. The van der Waals surface area contributed by atoms with Gasteiger partial charge in [0.05, 0.1) is 12.5 Å². The number of carbonyl (C=O) groups is 2. The second kappa shape index (κ2) is 8.48. The highest BCUT2D eigenvalue weighted by Gasteiger charge is 2.40. The highest BCUT2D eigenvalue weighted by Crippen LogP contribution is 2.33. The van der Waals surface area contributed by atoms with E-state index in [0.717, 1.165) is 5.56 Å². The maximum absolute atomic E-state index is 12.3. The van der Waals surface area contributed by atoms with Gasteiger partial charge in [-0.25, -0.2) is 0 Å². The quantitative estimate of drug-likeness (QED) is 0.590. The number of amides is 1. The highest BCUT2D eigenvalue weighted by molar-refractivity contribution is 5.79. The van der Waals surface area contributed by atoms with E-state index in [0.29, 0.717) is 32.6 Å². The third kappa shape index (κ3) is 4.66. The molecule has 0 bridgehead atoms. The lowest BCUT2D eigenvalue weighted by atomic mass is 9.89. The Morgan fingerprint density at radius 3 is 2.70 bits per heavy atom. The Labute approximate surface area is 136 Å². The van der Waals surface area contributed by atoms with Gasteiger partial charge in [0, 0.05) is 32.0 Å². The van der Waals surface area contributed by atoms with Crippen LogP contribution in [0.3, 0.4) is 0 Å². The molecule has 0 aliphatic carbocycles. The average molecular weight is 317 g/mol. The second-order valence-corrected chi connectivity index (χ2v) is 5.73. The minimum atomic E-state index is -0.844. The summed E-state index contributed by atoms with van der Waals surface area (Å²) < 4.78 is 5.26. The fourth-order valence-electron chi connectivity index (χ4n) is 2.95. The molecule has 5 heteroatoms. The number of aliphatic carboxylic acids is 1. The molecule has 5 nitrogen and oxygen atoms in total. The highest BCUT2D eigenvalue weighted by atomic mass is 16.5. The molecule has 0 saturated carbocycles. The zero-order valence-electron chi connectivity index (χ0n) is 13.2. The lowest BCUT2D eigenvalue weighted by Gasteiger charge is -2.16. The van der Waals surface area contributed by atoms with Crippen molar-refractivity contribution in [2.45, 2.75) is 18.8 Å². The summed E-state index contributed by atoms with van der Waals surface area (Å²) in [5, 5.41) is 9.45. The summed E-state index contributed by atoms with van der Waals surface area (Å²) in [5.74, 6) is -1.53. The van der Waals surface area contributed by atoms with E-state index >= 15 is 0 Å². The summed E-state index contributed by atoms with van der Waals surface area (Å²) in [6, 6.07) is 9.56. The molecule has 1 N–H and O–H groups in total. The Morgan fingerprint density at radius 1 is 1.30 bits per heavy atom. The Hall–Kier alpha value is -2.14. The summed E-state index contributed by atoms with van der Waals surface area (Å²) in [5.41, 5.74) is 0.976. The molecule has 1 aromatic rings. The number of rotatable bonds is 8. The predicted octanol–water partition coefficient (Wildman–Crippen LogP) is 2.30. The Bertz CT molecular complexity index is 543. The predicted molar refractivity (Wildman–Crippen MR) is 87.1 cm³/mol. The minimum absolute atomic E-state index is 0.00289. The molecule has 0 aromatic heterocycles. The molecule has 0 unspecified atom stereocenters. The zero-order valence-corrected chi connectivity index (χ0v) is 13.2. The Balaban J connectivity index is 1.93. The van der Waals surface area contributed by atoms with Crippen molar-refractivity contribution >= 4 is 11.9 Å². The van der Waals surface area contributed by atoms with E-state index in [-0.39, 0.29) is 18.4 Å². The number of carbonyl (C=O) groups excluding carboxylic acids is 1. The van der Waals surface area contributed by atoms with Crippen LogP contribution in [0.15, 0.2) is 43.0 Å². The standard InChI is InChI=1S/C18H23NO4/c1-2-10-23-11-6-9-17(20)19-12-15(16(13-19)18(21)22)14-7-4-3-5-8-14/h2-5,7-8,15-16H,1,6,9-13H2,(H,21,22)/t15-,16-/m1/s1. The van der Waals surface area contributed by atoms with Gasteiger partial charge in [0.2, 0.25) is 5.91 Å². The lowest BCUT2D eigenvalue weighted by molar-refractivity contribution is -0.141. The Morgan fingerprint density at radius 2 is 2.04 bits per heavy atom. The number of nitrogens with zero attached hydrogens (tertiary/aromatic N) is 1. The van der Waals surface area contributed by atoms with E-state index in [1.807, 2.05) is 30.3 Å². The zero-order chi connectivity index (χ0) is 16.7. The average Bonchev–Trinajstić information content (AvgIpc) is 3.01. The van der Waals surface area contributed by atoms with E-state index in [2.05, 4.69) is 6.58 Å². The summed E-state index contributed by atoms with van der Waals surface area (Å²) in [6.45, 7) is 5.30. The molecule has 0 radical (unpaired) electrons. The van der Waals surface area contributed by atoms with Gasteiger partial charge in [-0.3, -0.25) is 9.59 Å². The van der Waals surface area contributed by atoms with Crippen LogP contribution in [0.1, 0.15) is 24.3 Å². The van der Waals surface area contributed by atoms with Crippen LogP contribution in [0.4, 0.5) is 0 Å². The van der Waals surface area contributed by atoms with Crippen LogP contribution in [0.25, 0.3) is 0 Å². The van der Waals surface area contributed by atoms with Crippen molar-refractivity contribution in [1.82, 2.24) is 4.90 Å². The number of carboxylic acid groups (broad SMARTS) is 1. The molecule has 23 heavy (non-hydrogen) atoms. The number of carboxylic acids is 1. The van der Waals surface area contributed by atoms with Crippen molar-refractivity contribution in [2.75, 3.05) is 26.3 Å². The number of benzene rings is 1. The number of ether oxygens (including phenoxy) is 1. The van der Waals surface area contributed by atoms with E-state index in [1.165, 1.54) is 0 Å². The fraction of sp³-hybridized carbons (Fsp3) is 0.444. The first-order chi connectivity index (χ1) is 11.1. The first kappa shape index (κ1) is 17.2. The molecule has 2 rings (SSSR count). The van der Waals surface area contributed by atoms with Crippen LogP contribution in [-0.2, 0) is 14.3 Å². The van der Waals surface area contributed by atoms with Gasteiger partial charge in [0.15, 0.2) is 0 Å². The van der Waals surface area contributed by atoms with Crippen LogP contribution < -0.4 is 0 Å². The molecule has 1 fully saturated rings. The van der Waals surface area contributed by atoms with Crippen molar-refractivity contribution in [3.05, 3.63) is 48.6 Å². The summed E-state index contributed by atoms with van der Waals surface area (Å²) in [6.07, 6.45) is 2.69. The topological polar surface area (TPSA) is 66.8 Å². The molecule has 0 spiro atoms. The smallest absolute Gasteiger partial charge is 0.308 e. The van der Waals surface area contributed by atoms with Gasteiger partial charge in [-0.1, -0.05) is 36.4 Å². The van der Waals surface area contributed by atoms with Crippen LogP contribution in [0.5, 0.6) is 0 Å². The number of hydrogen-bond acceptors (Lipinski definition) is 3. The van der Waals surface area contributed by atoms with Gasteiger partial charge in [0.25, 0.3) is 0 Å². The maximum Gasteiger partial charge on any atom is 0.308 e. The van der Waals surface area contributed by atoms with Crippen molar-refractivity contribution in [3.63, 3.8) is 0 Å². The largest absolute Gasteiger partial charge is 0.481 e. The van der Waals surface area contributed by atoms with E-state index in [4.69, 9.17) is 4.74 Å². The molecule has 1 aliphatic heterocycles. The van der Waals surface area contributed by atoms with Crippen molar-refractivity contribution in [3.8, 4) is 0 Å². The third-order valence-electron chi connectivity index (χ3n) is 4.13. The summed E-state index contributed by atoms with van der Waals surface area (Å²) >= 11 is 0. The summed E-state index contributed by atoms with van der Waals surface area (Å²) in [4.78, 5) is 25.5. The second-order valence-electron chi connectivity index (χ2n) is 5.73. The van der Waals surface area contributed by atoms with Gasteiger partial charge in [-0.2, -0.15) is 0 Å². The molecule has 1 amide bonds. The SMILES string of the molecule is C=CCOCCCC(=O)N1C[C@H](c2ccccc2)[C@H](C(=O)O)C1. The third-order valence-corrected chi connectivity index (χ3v) is 4.13. The molecule has 2 atom stereocenters. The fourth-order valence-corrected chi connectivity index (χ4v) is 2.95. The molecule has 1 heterocycles. The maximum atomic E-state index is 12.3. The van der Waals surface area contributed by atoms with Gasteiger partial charge >= 0.3 is 5.97 Å². The number of hydrogen-bond donors (Lipinski definition) is 1. The van der Waals surface area contributed by atoms with Crippen molar-refractivity contribution in [2.24, 2.45) is 5.92 Å². The van der Waals surface area contributed by atoms with Crippen molar-refractivity contribution in [1.29, 1.82) is 0 Å². The van der Waals surface area contributed by atoms with Crippen LogP contribution in [0, 0.1) is 5.92 Å². The Kier molecular flexibility index (Phi) is 6.35. The van der Waals surface area contributed by atoms with Gasteiger partial charge in [-0.15, -0.1) is 6.58 Å². The molecular weight excluding hydrogens is 294 g/mol. The van der Waals surface area contributed by atoms with Crippen LogP contribution >= 0.6 is 0 Å². The monoisotopic (exact) mass is 317 g/mol. The molecule has 1 saturated heterocycles. The van der Waals surface area contributed by atoms with Gasteiger partial charge in [-0.05, 0) is 12.0 Å².